The van der Waals surface area contributed by atoms with E-state index >= 15 is 0 Å². The van der Waals surface area contributed by atoms with Gasteiger partial charge in [0.2, 0.25) is 17.6 Å². The second kappa shape index (κ2) is 12.7. The summed E-state index contributed by atoms with van der Waals surface area (Å²) in [5, 5.41) is 37.1. The Bertz CT molecular complexity index is 1250. The number of aliphatic hydroxyl groups excluding tert-OH is 1. The highest BCUT2D eigenvalue weighted by Gasteiger charge is 2.68. The predicted molar refractivity (Wildman–Crippen MR) is 156 cm³/mol. The van der Waals surface area contributed by atoms with Crippen LogP contribution in [0.25, 0.3) is 0 Å². The maximum Gasteiger partial charge on any atom is 0.326 e. The Hall–Kier alpha value is -3.12. The SMILES string of the molecule is CC(C)C(NC(=O)CNC(=O)CCC(=O)OCC(=O)[C@@]1(O)CC[C@H]2[C@@H]3CCC4=CC(=O)CC[C@]4(C)[C@H]3[C@@H](O)C[C@@]21C)C(=O)O. The molecule has 0 saturated heterocycles. The third-order valence-corrected chi connectivity index (χ3v) is 11.1. The molecule has 0 radical (unpaired) electrons. The number of aliphatic carboxylic acids is 1. The first-order valence-electron chi connectivity index (χ1n) is 15.7. The van der Waals surface area contributed by atoms with Crippen LogP contribution >= 0.6 is 0 Å². The summed E-state index contributed by atoms with van der Waals surface area (Å²) in [4.78, 5) is 73.2. The molecule has 0 aromatic carbocycles. The van der Waals surface area contributed by atoms with Gasteiger partial charge in [-0.25, -0.2) is 4.79 Å². The molecule has 1 unspecified atom stereocenters. The third-order valence-electron chi connectivity index (χ3n) is 11.1. The van der Waals surface area contributed by atoms with Crippen LogP contribution in [0.5, 0.6) is 0 Å². The summed E-state index contributed by atoms with van der Waals surface area (Å²) in [6.45, 7) is 6.13. The highest BCUT2D eigenvalue weighted by atomic mass is 16.5. The molecule has 5 N–H and O–H groups in total. The molecule has 44 heavy (non-hydrogen) atoms. The van der Waals surface area contributed by atoms with Gasteiger partial charge in [-0.3, -0.25) is 24.0 Å². The van der Waals surface area contributed by atoms with Gasteiger partial charge in [-0.1, -0.05) is 33.3 Å². The Morgan fingerprint density at radius 2 is 1.75 bits per heavy atom. The average Bonchev–Trinajstić information content (AvgIpc) is 3.22. The van der Waals surface area contributed by atoms with Crippen molar-refractivity contribution >= 4 is 35.3 Å². The molecule has 12 nitrogen and oxygen atoms in total. The number of carbonyl (C=O) groups excluding carboxylic acids is 5. The molecular weight excluding hydrogens is 572 g/mol. The molecule has 12 heteroatoms. The lowest BCUT2D eigenvalue weighted by Crippen LogP contribution is -2.62. The van der Waals surface area contributed by atoms with Crippen LogP contribution in [0.15, 0.2) is 11.6 Å². The van der Waals surface area contributed by atoms with Crippen molar-refractivity contribution in [3.63, 3.8) is 0 Å². The Labute approximate surface area is 257 Å². The largest absolute Gasteiger partial charge is 0.480 e. The molecule has 4 aliphatic rings. The number of Topliss-reactive ketones (excluding diaryl/α,β-unsaturated/α-hetero) is 1. The van der Waals surface area contributed by atoms with E-state index in [-0.39, 0.29) is 60.6 Å². The van der Waals surface area contributed by atoms with E-state index in [1.165, 1.54) is 0 Å². The van der Waals surface area contributed by atoms with Crippen LogP contribution < -0.4 is 10.6 Å². The van der Waals surface area contributed by atoms with Crippen molar-refractivity contribution in [3.8, 4) is 0 Å². The van der Waals surface area contributed by atoms with Gasteiger partial charge in [0.15, 0.2) is 12.4 Å². The molecule has 4 aliphatic carbocycles. The fourth-order valence-electron chi connectivity index (χ4n) is 8.71. The Balaban J connectivity index is 1.29. The van der Waals surface area contributed by atoms with Gasteiger partial charge < -0.3 is 30.7 Å². The predicted octanol–water partition coefficient (Wildman–Crippen LogP) is 1.45. The molecule has 3 fully saturated rings. The van der Waals surface area contributed by atoms with Gasteiger partial charge in [0, 0.05) is 18.3 Å². The van der Waals surface area contributed by atoms with E-state index in [0.717, 1.165) is 18.4 Å². The number of carboxylic acid groups (broad SMARTS) is 1. The molecular formula is C32H46N2O10. The van der Waals surface area contributed by atoms with Gasteiger partial charge in [-0.2, -0.15) is 0 Å². The number of ether oxygens (including phenoxy) is 1. The number of ketones is 2. The topological polar surface area (TPSA) is 196 Å². The minimum Gasteiger partial charge on any atom is -0.480 e. The van der Waals surface area contributed by atoms with Crippen LogP contribution in [0.4, 0.5) is 0 Å². The summed E-state index contributed by atoms with van der Waals surface area (Å²) in [5.41, 5.74) is -1.88. The molecule has 0 spiro atoms. The van der Waals surface area contributed by atoms with Gasteiger partial charge >= 0.3 is 11.9 Å². The number of aliphatic hydroxyl groups is 2. The van der Waals surface area contributed by atoms with E-state index in [9.17, 15) is 39.0 Å². The number of fused-ring (bicyclic) bond motifs is 5. The lowest BCUT2D eigenvalue weighted by molar-refractivity contribution is -0.184. The van der Waals surface area contributed by atoms with E-state index in [0.29, 0.717) is 19.3 Å². The van der Waals surface area contributed by atoms with E-state index in [1.54, 1.807) is 19.9 Å². The second-order valence-corrected chi connectivity index (χ2v) is 14.0. The zero-order chi connectivity index (χ0) is 32.6. The average molecular weight is 619 g/mol. The van der Waals surface area contributed by atoms with Crippen LogP contribution in [0.2, 0.25) is 0 Å². The summed E-state index contributed by atoms with van der Waals surface area (Å²) in [5.74, 6) is -4.16. The first-order chi connectivity index (χ1) is 20.5. The molecule has 0 aromatic heterocycles. The van der Waals surface area contributed by atoms with Crippen molar-refractivity contribution in [2.24, 2.45) is 34.5 Å². The highest BCUT2D eigenvalue weighted by Crippen LogP contribution is 2.67. The van der Waals surface area contributed by atoms with E-state index in [1.807, 2.05) is 6.92 Å². The van der Waals surface area contributed by atoms with Crippen LogP contribution in [0, 0.1) is 34.5 Å². The molecule has 8 atom stereocenters. The monoisotopic (exact) mass is 618 g/mol. The van der Waals surface area contributed by atoms with Crippen molar-refractivity contribution in [2.75, 3.05) is 13.2 Å². The zero-order valence-corrected chi connectivity index (χ0v) is 26.0. The Morgan fingerprint density at radius 3 is 2.41 bits per heavy atom. The fourth-order valence-corrected chi connectivity index (χ4v) is 8.71. The molecule has 0 bridgehead atoms. The van der Waals surface area contributed by atoms with Crippen molar-refractivity contribution in [1.82, 2.24) is 10.6 Å². The molecule has 0 heterocycles. The van der Waals surface area contributed by atoms with Gasteiger partial charge in [-0.05, 0) is 73.7 Å². The molecule has 4 rings (SSSR count). The lowest BCUT2D eigenvalue weighted by Gasteiger charge is -2.60. The van der Waals surface area contributed by atoms with E-state index in [4.69, 9.17) is 9.84 Å². The smallest absolute Gasteiger partial charge is 0.326 e. The molecule has 2 amide bonds. The normalized spacial score (nSPS) is 35.0. The highest BCUT2D eigenvalue weighted by molar-refractivity contribution is 5.92. The lowest BCUT2D eigenvalue weighted by atomic mass is 9.45. The van der Waals surface area contributed by atoms with Crippen molar-refractivity contribution in [1.29, 1.82) is 0 Å². The van der Waals surface area contributed by atoms with Crippen molar-refractivity contribution < 1.29 is 48.8 Å². The number of nitrogens with one attached hydrogen (secondary N) is 2. The molecule has 3 saturated carbocycles. The van der Waals surface area contributed by atoms with Gasteiger partial charge in [-0.15, -0.1) is 0 Å². The van der Waals surface area contributed by atoms with Gasteiger partial charge in [0.1, 0.15) is 11.6 Å². The van der Waals surface area contributed by atoms with Crippen LogP contribution in [-0.2, 0) is 33.5 Å². The quantitative estimate of drug-likeness (QED) is 0.211. The van der Waals surface area contributed by atoms with Crippen molar-refractivity contribution in [3.05, 3.63) is 11.6 Å². The summed E-state index contributed by atoms with van der Waals surface area (Å²) >= 11 is 0. The van der Waals surface area contributed by atoms with Crippen LogP contribution in [0.3, 0.4) is 0 Å². The standard InChI is InChI=1S/C32H46N2O10/c1-17(2)28(29(41)42)34-25(39)15-33-24(38)7-8-26(40)44-16-23(37)32(43)12-10-21-20-6-5-18-13-19(35)9-11-30(18,3)27(20)22(36)14-31(21,32)4/h13,17,20-22,27-28,36,43H,5-12,14-16H2,1-4H3,(H,33,38)(H,34,39)(H,41,42)/t20-,21-,22-,27+,28?,30-,31-,32-/m0/s1. The summed E-state index contributed by atoms with van der Waals surface area (Å²) in [6, 6.07) is -1.10. The fraction of sp³-hybridized carbons (Fsp3) is 0.750. The summed E-state index contributed by atoms with van der Waals surface area (Å²) in [6.07, 6.45) is 4.02. The molecule has 0 aliphatic heterocycles. The number of amides is 2. The molecule has 0 aromatic rings. The second-order valence-electron chi connectivity index (χ2n) is 14.0. The van der Waals surface area contributed by atoms with E-state index < -0.39 is 65.8 Å². The maximum absolute atomic E-state index is 13.4. The number of esters is 1. The Morgan fingerprint density at radius 1 is 1.05 bits per heavy atom. The first kappa shape index (κ1) is 33.8. The van der Waals surface area contributed by atoms with Crippen molar-refractivity contribution in [2.45, 2.75) is 103 Å². The minimum atomic E-state index is -1.78. The van der Waals surface area contributed by atoms with Gasteiger partial charge in [0.25, 0.3) is 0 Å². The Kier molecular flexibility index (Phi) is 9.75. The molecule has 244 valence electrons. The number of rotatable bonds is 11. The zero-order valence-electron chi connectivity index (χ0n) is 26.0. The first-order valence-corrected chi connectivity index (χ1v) is 15.7. The summed E-state index contributed by atoms with van der Waals surface area (Å²) < 4.78 is 5.14. The van der Waals surface area contributed by atoms with E-state index in [2.05, 4.69) is 17.6 Å². The number of hydrogen-bond acceptors (Lipinski definition) is 9. The number of carboxylic acids is 1. The number of hydrogen-bond donors (Lipinski definition) is 5. The van der Waals surface area contributed by atoms with Crippen LogP contribution in [0.1, 0.15) is 85.5 Å². The van der Waals surface area contributed by atoms with Crippen LogP contribution in [-0.4, -0.2) is 81.5 Å². The maximum atomic E-state index is 13.4. The van der Waals surface area contributed by atoms with Gasteiger partial charge in [0.05, 0.1) is 19.1 Å². The number of allylic oxidation sites excluding steroid dienone is 1. The third kappa shape index (κ3) is 6.20. The number of carbonyl (C=O) groups is 6. The summed E-state index contributed by atoms with van der Waals surface area (Å²) in [7, 11) is 0. The minimum absolute atomic E-state index is 0.0104.